The van der Waals surface area contributed by atoms with Crippen LogP contribution in [0.25, 0.3) is 6.08 Å². The third-order valence-electron chi connectivity index (χ3n) is 3.91. The predicted octanol–water partition coefficient (Wildman–Crippen LogP) is 3.69. The third-order valence-corrected chi connectivity index (χ3v) is 5.01. The normalized spacial score (nSPS) is 13.4. The first-order chi connectivity index (χ1) is 12.0. The number of nitrogens with two attached hydrogens (primary N) is 1. The van der Waals surface area contributed by atoms with Crippen LogP contribution in [0, 0.1) is 0 Å². The van der Waals surface area contributed by atoms with Crippen molar-refractivity contribution in [3.05, 3.63) is 59.2 Å². The van der Waals surface area contributed by atoms with E-state index in [9.17, 15) is 4.79 Å². The average molecular weight is 354 g/mol. The Hall–Kier alpha value is -2.24. The summed E-state index contributed by atoms with van der Waals surface area (Å²) in [5.74, 6) is 2.37. The number of carbonyl (C=O) groups excluding carboxylic acids is 1. The lowest BCUT2D eigenvalue weighted by Gasteiger charge is -2.16. The predicted molar refractivity (Wildman–Crippen MR) is 103 cm³/mol. The molecule has 1 heterocycles. The Morgan fingerprint density at radius 1 is 1.28 bits per heavy atom. The summed E-state index contributed by atoms with van der Waals surface area (Å²) in [5, 5.41) is 0. The van der Waals surface area contributed by atoms with Gasteiger partial charge in [0.05, 0.1) is 0 Å². The second-order valence-corrected chi connectivity index (χ2v) is 7.45. The maximum atomic E-state index is 10.9. The number of amides is 1. The Morgan fingerprint density at radius 2 is 2.12 bits per heavy atom. The number of carbonyl (C=O) groups is 1. The number of primary amides is 1. The fraction of sp³-hybridized carbons (Fsp3) is 0.250. The fourth-order valence-electron chi connectivity index (χ4n) is 2.78. The molecule has 0 bridgehead atoms. The van der Waals surface area contributed by atoms with Crippen molar-refractivity contribution < 1.29 is 9.53 Å². The number of fused-ring (bicyclic) bond motifs is 1. The van der Waals surface area contributed by atoms with Crippen LogP contribution in [-0.4, -0.2) is 30.7 Å². The van der Waals surface area contributed by atoms with E-state index in [2.05, 4.69) is 17.0 Å². The van der Waals surface area contributed by atoms with Crippen LogP contribution < -0.4 is 10.5 Å². The average Bonchev–Trinajstić information content (AvgIpc) is 3.02. The van der Waals surface area contributed by atoms with Crippen molar-refractivity contribution in [2.24, 2.45) is 5.73 Å². The molecule has 5 heteroatoms. The number of benzene rings is 2. The lowest BCUT2D eigenvalue weighted by molar-refractivity contribution is -0.113. The van der Waals surface area contributed by atoms with E-state index in [0.29, 0.717) is 0 Å². The maximum Gasteiger partial charge on any atom is 0.241 e. The highest BCUT2D eigenvalue weighted by molar-refractivity contribution is 7.99. The highest BCUT2D eigenvalue weighted by Gasteiger charge is 2.13. The molecule has 0 unspecified atom stereocenters. The molecular formula is C20H22N2O2S. The first-order valence-electron chi connectivity index (χ1n) is 8.20. The SMILES string of the molecule is CN(C)Cc1cc(/C=C/C(N)=O)ccc1Oc1ccc2c(c1)SCC2. The minimum atomic E-state index is -0.454. The molecule has 4 nitrogen and oxygen atoms in total. The lowest BCUT2D eigenvalue weighted by Crippen LogP contribution is -2.11. The van der Waals surface area contributed by atoms with E-state index in [1.54, 1.807) is 6.08 Å². The number of hydrogen-bond donors (Lipinski definition) is 1. The molecule has 0 aliphatic carbocycles. The van der Waals surface area contributed by atoms with Crippen LogP contribution in [0.15, 0.2) is 47.4 Å². The van der Waals surface area contributed by atoms with E-state index < -0.39 is 5.91 Å². The van der Waals surface area contributed by atoms with E-state index in [1.165, 1.54) is 16.5 Å². The highest BCUT2D eigenvalue weighted by Crippen LogP contribution is 2.36. The van der Waals surface area contributed by atoms with Crippen molar-refractivity contribution in [2.75, 3.05) is 19.8 Å². The summed E-state index contributed by atoms with van der Waals surface area (Å²) in [6, 6.07) is 12.2. The monoisotopic (exact) mass is 354 g/mol. The van der Waals surface area contributed by atoms with Gasteiger partial charge in [-0.2, -0.15) is 0 Å². The van der Waals surface area contributed by atoms with Gasteiger partial charge in [-0.1, -0.05) is 12.1 Å². The van der Waals surface area contributed by atoms with Gasteiger partial charge in [-0.05, 0) is 62.0 Å². The van der Waals surface area contributed by atoms with Gasteiger partial charge in [0, 0.05) is 28.8 Å². The van der Waals surface area contributed by atoms with E-state index >= 15 is 0 Å². The molecule has 0 spiro atoms. The van der Waals surface area contributed by atoms with Crippen LogP contribution in [-0.2, 0) is 17.8 Å². The first kappa shape index (κ1) is 17.6. The molecule has 0 saturated heterocycles. The van der Waals surface area contributed by atoms with Crippen LogP contribution in [0.5, 0.6) is 11.5 Å². The zero-order valence-electron chi connectivity index (χ0n) is 14.5. The molecule has 0 aromatic heterocycles. The molecule has 0 atom stereocenters. The van der Waals surface area contributed by atoms with Crippen LogP contribution in [0.2, 0.25) is 0 Å². The molecule has 0 saturated carbocycles. The summed E-state index contributed by atoms with van der Waals surface area (Å²) in [4.78, 5) is 14.3. The minimum absolute atomic E-state index is 0.454. The molecule has 130 valence electrons. The second kappa shape index (κ2) is 7.76. The van der Waals surface area contributed by atoms with E-state index in [4.69, 9.17) is 10.5 Å². The molecule has 1 amide bonds. The van der Waals surface area contributed by atoms with Gasteiger partial charge in [0.25, 0.3) is 0 Å². The van der Waals surface area contributed by atoms with Gasteiger partial charge >= 0.3 is 0 Å². The van der Waals surface area contributed by atoms with Gasteiger partial charge in [-0.15, -0.1) is 11.8 Å². The Balaban J connectivity index is 1.87. The van der Waals surface area contributed by atoms with Crippen LogP contribution >= 0.6 is 11.8 Å². The molecule has 1 aliphatic heterocycles. The first-order valence-corrected chi connectivity index (χ1v) is 9.18. The van der Waals surface area contributed by atoms with Crippen molar-refractivity contribution in [2.45, 2.75) is 17.9 Å². The molecule has 2 aromatic carbocycles. The van der Waals surface area contributed by atoms with Gasteiger partial charge < -0.3 is 15.4 Å². The second-order valence-electron chi connectivity index (χ2n) is 6.31. The van der Waals surface area contributed by atoms with Crippen molar-refractivity contribution >= 4 is 23.7 Å². The zero-order chi connectivity index (χ0) is 17.8. The number of rotatable bonds is 6. The highest BCUT2D eigenvalue weighted by atomic mass is 32.2. The quantitative estimate of drug-likeness (QED) is 0.804. The Morgan fingerprint density at radius 3 is 2.88 bits per heavy atom. The molecular weight excluding hydrogens is 332 g/mol. The number of aryl methyl sites for hydroxylation is 1. The number of nitrogens with zero attached hydrogens (tertiary/aromatic N) is 1. The molecule has 0 fully saturated rings. The maximum absolute atomic E-state index is 10.9. The van der Waals surface area contributed by atoms with E-state index in [0.717, 1.165) is 41.3 Å². The largest absolute Gasteiger partial charge is 0.457 e. The molecule has 2 N–H and O–H groups in total. The fourth-order valence-corrected chi connectivity index (χ4v) is 3.88. The molecule has 2 aromatic rings. The van der Waals surface area contributed by atoms with Crippen molar-refractivity contribution in [3.8, 4) is 11.5 Å². The third kappa shape index (κ3) is 4.65. The van der Waals surface area contributed by atoms with Crippen molar-refractivity contribution in [1.29, 1.82) is 0 Å². The summed E-state index contributed by atoms with van der Waals surface area (Å²) < 4.78 is 6.16. The summed E-state index contributed by atoms with van der Waals surface area (Å²) >= 11 is 1.88. The van der Waals surface area contributed by atoms with Gasteiger partial charge in [0.2, 0.25) is 5.91 Å². The smallest absolute Gasteiger partial charge is 0.241 e. The van der Waals surface area contributed by atoms with Crippen LogP contribution in [0.3, 0.4) is 0 Å². The van der Waals surface area contributed by atoms with Crippen LogP contribution in [0.4, 0.5) is 0 Å². The van der Waals surface area contributed by atoms with Gasteiger partial charge in [0.15, 0.2) is 0 Å². The zero-order valence-corrected chi connectivity index (χ0v) is 15.3. The summed E-state index contributed by atoms with van der Waals surface area (Å²) in [5.41, 5.74) is 8.56. The molecule has 25 heavy (non-hydrogen) atoms. The number of hydrogen-bond acceptors (Lipinski definition) is 4. The van der Waals surface area contributed by atoms with E-state index in [1.807, 2.05) is 50.1 Å². The Kier molecular flexibility index (Phi) is 5.46. The molecule has 3 rings (SSSR count). The van der Waals surface area contributed by atoms with E-state index in [-0.39, 0.29) is 0 Å². The topological polar surface area (TPSA) is 55.6 Å². The summed E-state index contributed by atoms with van der Waals surface area (Å²) in [6.07, 6.45) is 4.22. The number of thioether (sulfide) groups is 1. The standard InChI is InChI=1S/C20H22N2O2S/c1-22(2)13-16-11-14(4-8-20(21)23)3-7-18(16)24-17-6-5-15-9-10-25-19(15)12-17/h3-8,11-12H,9-10,13H2,1-2H3,(H2,21,23)/b8-4+. The Labute approximate surface area is 152 Å². The van der Waals surface area contributed by atoms with Crippen molar-refractivity contribution in [3.63, 3.8) is 0 Å². The van der Waals surface area contributed by atoms with Gasteiger partial charge in [-0.3, -0.25) is 4.79 Å². The number of ether oxygens (including phenoxy) is 1. The summed E-state index contributed by atoms with van der Waals surface area (Å²) in [6.45, 7) is 0.743. The van der Waals surface area contributed by atoms with Crippen molar-refractivity contribution in [1.82, 2.24) is 4.90 Å². The van der Waals surface area contributed by atoms with Crippen LogP contribution in [0.1, 0.15) is 16.7 Å². The molecule has 0 radical (unpaired) electrons. The lowest BCUT2D eigenvalue weighted by atomic mass is 10.1. The Bertz CT molecular complexity index is 815. The molecule has 1 aliphatic rings. The van der Waals surface area contributed by atoms with Gasteiger partial charge in [-0.25, -0.2) is 0 Å². The van der Waals surface area contributed by atoms with Gasteiger partial charge in [0.1, 0.15) is 11.5 Å². The summed E-state index contributed by atoms with van der Waals surface area (Å²) in [7, 11) is 4.03. The minimum Gasteiger partial charge on any atom is -0.457 e.